The Bertz CT molecular complexity index is 1490. The fraction of sp³-hybridized carbons (Fsp3) is 0.269. The number of ether oxygens (including phenoxy) is 2. The number of carboxylic acids is 1. The molecule has 11 nitrogen and oxygen atoms in total. The predicted molar refractivity (Wildman–Crippen MR) is 147 cm³/mol. The molecule has 3 heterocycles. The number of likely N-dealkylation sites (tertiary alicyclic amines) is 1. The molecule has 13 heteroatoms. The SMILES string of the molecule is COc1cc(OC)c(Cl)c(-c2ccc(C(=O)O)c3nccnc23)c1Cl.NC(=O)c1nc(CN2CCCC2)c[nH]1. The van der Waals surface area contributed by atoms with Gasteiger partial charge in [-0.3, -0.25) is 19.7 Å². The van der Waals surface area contributed by atoms with Crippen molar-refractivity contribution < 1.29 is 24.2 Å². The summed E-state index contributed by atoms with van der Waals surface area (Å²) in [5, 5.41) is 9.89. The molecule has 0 unspecified atom stereocenters. The van der Waals surface area contributed by atoms with Crippen LogP contribution in [0.25, 0.3) is 22.2 Å². The number of nitrogens with one attached hydrogen (secondary N) is 1. The lowest BCUT2D eigenvalue weighted by atomic mass is 10.00. The molecular formula is C26H26Cl2N6O5. The summed E-state index contributed by atoms with van der Waals surface area (Å²) in [5.41, 5.74) is 7.57. The van der Waals surface area contributed by atoms with Gasteiger partial charge in [0.2, 0.25) is 0 Å². The van der Waals surface area contributed by atoms with Crippen molar-refractivity contribution in [2.24, 2.45) is 5.73 Å². The number of imidazole rings is 1. The van der Waals surface area contributed by atoms with E-state index in [4.69, 9.17) is 38.4 Å². The van der Waals surface area contributed by atoms with E-state index < -0.39 is 11.9 Å². The number of fused-ring (bicyclic) bond motifs is 1. The van der Waals surface area contributed by atoms with Crippen LogP contribution < -0.4 is 15.2 Å². The van der Waals surface area contributed by atoms with Gasteiger partial charge in [0, 0.05) is 42.3 Å². The van der Waals surface area contributed by atoms with Crippen LogP contribution in [-0.2, 0) is 6.54 Å². The van der Waals surface area contributed by atoms with E-state index in [2.05, 4.69) is 24.8 Å². The summed E-state index contributed by atoms with van der Waals surface area (Å²) in [7, 11) is 2.95. The molecule has 39 heavy (non-hydrogen) atoms. The van der Waals surface area contributed by atoms with E-state index in [0.717, 1.165) is 25.3 Å². The first-order chi connectivity index (χ1) is 18.7. The van der Waals surface area contributed by atoms with Crippen LogP contribution in [0.4, 0.5) is 0 Å². The molecule has 0 aliphatic carbocycles. The van der Waals surface area contributed by atoms with E-state index in [1.165, 1.54) is 45.5 Å². The number of nitrogens with zero attached hydrogens (tertiary/aromatic N) is 4. The van der Waals surface area contributed by atoms with Crippen molar-refractivity contribution in [3.63, 3.8) is 0 Å². The van der Waals surface area contributed by atoms with Crippen LogP contribution in [0.2, 0.25) is 10.0 Å². The number of benzene rings is 2. The number of halogens is 2. The maximum absolute atomic E-state index is 11.4. The van der Waals surface area contributed by atoms with E-state index in [1.54, 1.807) is 18.3 Å². The maximum atomic E-state index is 11.4. The number of carbonyl (C=O) groups is 2. The van der Waals surface area contributed by atoms with Crippen LogP contribution in [0, 0.1) is 0 Å². The zero-order valence-corrected chi connectivity index (χ0v) is 22.7. The first kappa shape index (κ1) is 28.1. The van der Waals surface area contributed by atoms with Crippen molar-refractivity contribution in [3.8, 4) is 22.6 Å². The zero-order valence-electron chi connectivity index (χ0n) is 21.2. The average Bonchev–Trinajstić information content (AvgIpc) is 3.62. The first-order valence-corrected chi connectivity index (χ1v) is 12.6. The minimum atomic E-state index is -1.10. The normalized spacial score (nSPS) is 13.1. The Hall–Kier alpha value is -3.93. The quantitative estimate of drug-likeness (QED) is 0.291. The first-order valence-electron chi connectivity index (χ1n) is 11.9. The van der Waals surface area contributed by atoms with Gasteiger partial charge in [0.15, 0.2) is 5.82 Å². The smallest absolute Gasteiger partial charge is 0.337 e. The third-order valence-electron chi connectivity index (χ3n) is 6.15. The second kappa shape index (κ2) is 12.3. The highest BCUT2D eigenvalue weighted by Crippen LogP contribution is 2.47. The zero-order chi connectivity index (χ0) is 28.1. The molecule has 0 spiro atoms. The Morgan fingerprint density at radius 3 is 2.21 bits per heavy atom. The summed E-state index contributed by atoms with van der Waals surface area (Å²) in [5.74, 6) is -0.608. The Morgan fingerprint density at radius 2 is 1.67 bits per heavy atom. The second-order valence-electron chi connectivity index (χ2n) is 8.59. The van der Waals surface area contributed by atoms with E-state index >= 15 is 0 Å². The Balaban J connectivity index is 0.000000212. The standard InChI is InChI=1S/C17H12Cl2N2O4.C9H14N4O/c1-24-10-7-11(25-2)14(19)12(13(10)18)8-3-4-9(17(22)23)16-15(8)20-5-6-21-16;10-8(14)9-11-5-7(12-9)6-13-3-1-2-4-13/h3-7H,1-2H3,(H,22,23);5H,1-4,6H2,(H2,10,14)(H,11,12). The average molecular weight is 573 g/mol. The molecule has 2 aromatic carbocycles. The number of aromatic carboxylic acids is 1. The number of hydrogen-bond donors (Lipinski definition) is 3. The number of carbonyl (C=O) groups excluding carboxylic acids is 1. The number of H-pyrrole nitrogens is 1. The van der Waals surface area contributed by atoms with Crippen LogP contribution in [0.15, 0.2) is 36.8 Å². The number of carboxylic acid groups (broad SMARTS) is 1. The summed E-state index contributed by atoms with van der Waals surface area (Å²) < 4.78 is 10.6. The molecule has 0 saturated carbocycles. The number of aromatic nitrogens is 4. The molecule has 4 aromatic rings. The monoisotopic (exact) mass is 572 g/mol. The van der Waals surface area contributed by atoms with E-state index in [-0.39, 0.29) is 26.9 Å². The third-order valence-corrected chi connectivity index (χ3v) is 6.90. The van der Waals surface area contributed by atoms with Crippen molar-refractivity contribution in [3.05, 3.63) is 63.9 Å². The number of hydrogen-bond acceptors (Lipinski definition) is 8. The summed E-state index contributed by atoms with van der Waals surface area (Å²) in [6.45, 7) is 3.06. The van der Waals surface area contributed by atoms with Gasteiger partial charge in [-0.1, -0.05) is 29.3 Å². The highest BCUT2D eigenvalue weighted by atomic mass is 35.5. The topological polar surface area (TPSA) is 157 Å². The van der Waals surface area contributed by atoms with E-state index in [0.29, 0.717) is 28.1 Å². The maximum Gasteiger partial charge on any atom is 0.337 e. The summed E-state index contributed by atoms with van der Waals surface area (Å²) in [4.78, 5) is 39.8. The van der Waals surface area contributed by atoms with Gasteiger partial charge < -0.3 is 25.3 Å². The van der Waals surface area contributed by atoms with Gasteiger partial charge in [0.1, 0.15) is 17.0 Å². The Kier molecular flexibility index (Phi) is 8.85. The highest BCUT2D eigenvalue weighted by Gasteiger charge is 2.23. The van der Waals surface area contributed by atoms with Gasteiger partial charge in [-0.05, 0) is 32.0 Å². The lowest BCUT2D eigenvalue weighted by molar-refractivity contribution is 0.0698. The predicted octanol–water partition coefficient (Wildman–Crippen LogP) is 4.42. The number of rotatable bonds is 7. The van der Waals surface area contributed by atoms with Crippen LogP contribution >= 0.6 is 23.2 Å². The molecule has 204 valence electrons. The molecule has 1 aliphatic heterocycles. The Morgan fingerprint density at radius 1 is 1.05 bits per heavy atom. The molecule has 4 N–H and O–H groups in total. The van der Waals surface area contributed by atoms with Crippen molar-refractivity contribution >= 4 is 46.1 Å². The number of methoxy groups -OCH3 is 2. The lowest BCUT2D eigenvalue weighted by Gasteiger charge is -2.16. The number of amides is 1. The number of nitrogens with two attached hydrogens (primary N) is 1. The lowest BCUT2D eigenvalue weighted by Crippen LogP contribution is -2.19. The van der Waals surface area contributed by atoms with Crippen LogP contribution in [0.5, 0.6) is 11.5 Å². The highest BCUT2D eigenvalue weighted by molar-refractivity contribution is 6.41. The molecule has 0 atom stereocenters. The van der Waals surface area contributed by atoms with Crippen molar-refractivity contribution in [1.82, 2.24) is 24.8 Å². The third kappa shape index (κ3) is 6.06. The van der Waals surface area contributed by atoms with Gasteiger partial charge in [0.05, 0.1) is 41.0 Å². The molecule has 5 rings (SSSR count). The minimum Gasteiger partial charge on any atom is -0.495 e. The van der Waals surface area contributed by atoms with Crippen LogP contribution in [0.3, 0.4) is 0 Å². The van der Waals surface area contributed by atoms with Crippen molar-refractivity contribution in [2.45, 2.75) is 19.4 Å². The molecule has 0 radical (unpaired) electrons. The molecule has 1 aliphatic rings. The van der Waals surface area contributed by atoms with Gasteiger partial charge >= 0.3 is 5.97 Å². The largest absolute Gasteiger partial charge is 0.495 e. The number of primary amides is 1. The molecule has 2 aromatic heterocycles. The van der Waals surface area contributed by atoms with Gasteiger partial charge in [-0.15, -0.1) is 0 Å². The molecule has 1 saturated heterocycles. The molecule has 1 fully saturated rings. The number of aromatic amines is 1. The summed E-state index contributed by atoms with van der Waals surface area (Å²) in [6.07, 6.45) is 7.16. The van der Waals surface area contributed by atoms with Gasteiger partial charge in [0.25, 0.3) is 5.91 Å². The fourth-order valence-corrected chi connectivity index (χ4v) is 4.99. The molecular weight excluding hydrogens is 547 g/mol. The van der Waals surface area contributed by atoms with Gasteiger partial charge in [-0.2, -0.15) is 0 Å². The molecule has 1 amide bonds. The van der Waals surface area contributed by atoms with E-state index in [1.807, 2.05) is 0 Å². The van der Waals surface area contributed by atoms with E-state index in [9.17, 15) is 14.7 Å². The van der Waals surface area contributed by atoms with Gasteiger partial charge in [-0.25, -0.2) is 9.78 Å². The van der Waals surface area contributed by atoms with Crippen molar-refractivity contribution in [2.75, 3.05) is 27.3 Å². The fourth-order valence-electron chi connectivity index (χ4n) is 4.29. The summed E-state index contributed by atoms with van der Waals surface area (Å²) in [6, 6.07) is 4.60. The van der Waals surface area contributed by atoms with Crippen molar-refractivity contribution in [1.29, 1.82) is 0 Å². The Labute approximate surface area is 233 Å². The molecule has 0 bridgehead atoms. The minimum absolute atomic E-state index is 0.0361. The van der Waals surface area contributed by atoms with Crippen LogP contribution in [0.1, 0.15) is 39.5 Å². The van der Waals surface area contributed by atoms with Crippen LogP contribution in [-0.4, -0.2) is 69.1 Å². The summed E-state index contributed by atoms with van der Waals surface area (Å²) >= 11 is 12.9. The second-order valence-corrected chi connectivity index (χ2v) is 9.35.